The second-order valence-electron chi connectivity index (χ2n) is 7.77. The normalized spacial score (nSPS) is 11.2. The van der Waals surface area contributed by atoms with Crippen LogP contribution < -0.4 is 10.4 Å². The third kappa shape index (κ3) is 3.75. The van der Waals surface area contributed by atoms with E-state index in [2.05, 4.69) is 17.2 Å². The van der Waals surface area contributed by atoms with Crippen LogP contribution in [0.15, 0.2) is 53.5 Å². The van der Waals surface area contributed by atoms with Crippen molar-refractivity contribution in [2.75, 3.05) is 6.61 Å². The molecule has 1 N–H and O–H groups in total. The number of hydrogen-bond donors (Lipinski definition) is 1. The number of H-pyrrole nitrogens is 1. The molecule has 2 aromatic carbocycles. The van der Waals surface area contributed by atoms with Gasteiger partial charge in [-0.15, -0.1) is 0 Å². The number of benzene rings is 2. The summed E-state index contributed by atoms with van der Waals surface area (Å²) in [6, 6.07) is 14.3. The molecule has 2 heterocycles. The van der Waals surface area contributed by atoms with Gasteiger partial charge in [0.05, 0.1) is 29.4 Å². The zero-order valence-electron chi connectivity index (χ0n) is 19.0. The molecule has 7 heteroatoms. The van der Waals surface area contributed by atoms with Crippen molar-refractivity contribution in [2.45, 2.75) is 47.3 Å². The fraction of sp³-hybridized carbons (Fsp3) is 0.320. The lowest BCUT2D eigenvalue weighted by molar-refractivity contribution is -0.729. The predicted molar refractivity (Wildman–Crippen MR) is 124 cm³/mol. The lowest BCUT2D eigenvalue weighted by atomic mass is 10.00. The Morgan fingerprint density at radius 2 is 1.75 bits per heavy atom. The van der Waals surface area contributed by atoms with Gasteiger partial charge in [0.15, 0.2) is 0 Å². The number of esters is 1. The maximum atomic E-state index is 12.8. The molecule has 0 saturated carbocycles. The van der Waals surface area contributed by atoms with Gasteiger partial charge in [0.2, 0.25) is 5.69 Å². The Kier molecular flexibility index (Phi) is 5.99. The predicted octanol–water partition coefficient (Wildman–Crippen LogP) is 3.66. The van der Waals surface area contributed by atoms with Crippen molar-refractivity contribution in [1.82, 2.24) is 14.2 Å². The van der Waals surface area contributed by atoms with Crippen molar-refractivity contribution in [1.29, 1.82) is 0 Å². The number of aromatic nitrogens is 4. The molecule has 0 aliphatic carbocycles. The van der Waals surface area contributed by atoms with E-state index in [4.69, 9.17) is 4.74 Å². The van der Waals surface area contributed by atoms with Crippen molar-refractivity contribution < 1.29 is 14.2 Å². The Hall–Kier alpha value is -3.61. The van der Waals surface area contributed by atoms with Gasteiger partial charge >= 0.3 is 11.7 Å². The summed E-state index contributed by atoms with van der Waals surface area (Å²) in [5.74, 6) is -0.296. The molecule has 4 rings (SSSR count). The van der Waals surface area contributed by atoms with Crippen LogP contribution in [0.3, 0.4) is 0 Å². The molecule has 7 nitrogen and oxygen atoms in total. The quantitative estimate of drug-likeness (QED) is 0.357. The summed E-state index contributed by atoms with van der Waals surface area (Å²) in [5.41, 5.74) is 6.82. The second-order valence-corrected chi connectivity index (χ2v) is 7.77. The molecule has 166 valence electrons. The first-order valence-electron chi connectivity index (χ1n) is 11.1. The van der Waals surface area contributed by atoms with Gasteiger partial charge < -0.3 is 4.74 Å². The number of hydrogen-bond acceptors (Lipinski definition) is 3. The Bertz CT molecular complexity index is 1340. The van der Waals surface area contributed by atoms with Gasteiger partial charge in [0.25, 0.3) is 6.54 Å². The number of aromatic amines is 1. The molecule has 4 aromatic rings. The lowest BCUT2D eigenvalue weighted by Crippen LogP contribution is -2.42. The van der Waals surface area contributed by atoms with Gasteiger partial charge in [0.1, 0.15) is 0 Å². The molecular weight excluding hydrogens is 404 g/mol. The topological polar surface area (TPSA) is 72.9 Å². The maximum absolute atomic E-state index is 12.8. The van der Waals surface area contributed by atoms with Crippen LogP contribution in [0.2, 0.25) is 0 Å². The molecule has 0 unspecified atom stereocenters. The van der Waals surface area contributed by atoms with E-state index >= 15 is 0 Å². The SMILES string of the molecule is CCOC(=O)C[n+]1[nH]cc(-c2ccc3c(c2)n(CC)c(=O)n3CC)c1-c1cccc(C)c1. The summed E-state index contributed by atoms with van der Waals surface area (Å²) in [6.45, 7) is 9.47. The number of rotatable bonds is 7. The summed E-state index contributed by atoms with van der Waals surface area (Å²) in [4.78, 5) is 25.0. The molecule has 0 spiro atoms. The van der Waals surface area contributed by atoms with Gasteiger partial charge in [-0.25, -0.2) is 9.59 Å². The van der Waals surface area contributed by atoms with E-state index in [1.807, 2.05) is 62.0 Å². The smallest absolute Gasteiger partial charge is 0.375 e. The number of carbonyl (C=O) groups excluding carboxylic acids is 1. The molecule has 0 saturated heterocycles. The summed E-state index contributed by atoms with van der Waals surface area (Å²) in [5, 5.41) is 3.23. The number of fused-ring (bicyclic) bond motifs is 1. The molecule has 0 atom stereocenters. The van der Waals surface area contributed by atoms with Gasteiger partial charge in [0, 0.05) is 18.7 Å². The van der Waals surface area contributed by atoms with Crippen LogP contribution in [0.25, 0.3) is 33.4 Å². The Balaban J connectivity index is 1.92. The molecule has 0 aliphatic rings. The number of imidazole rings is 1. The van der Waals surface area contributed by atoms with Gasteiger partial charge in [-0.3, -0.25) is 9.13 Å². The summed E-state index contributed by atoms with van der Waals surface area (Å²) < 4.78 is 10.6. The highest BCUT2D eigenvalue weighted by Gasteiger charge is 2.26. The van der Waals surface area contributed by atoms with Crippen molar-refractivity contribution >= 4 is 17.0 Å². The average molecular weight is 434 g/mol. The van der Waals surface area contributed by atoms with Crippen molar-refractivity contribution in [2.24, 2.45) is 0 Å². The van der Waals surface area contributed by atoms with E-state index in [-0.39, 0.29) is 18.2 Å². The largest absolute Gasteiger partial charge is 0.461 e. The van der Waals surface area contributed by atoms with Crippen LogP contribution in [-0.2, 0) is 29.2 Å². The van der Waals surface area contributed by atoms with E-state index in [0.717, 1.165) is 39.0 Å². The minimum atomic E-state index is -0.296. The number of nitrogens with one attached hydrogen (secondary N) is 1. The van der Waals surface area contributed by atoms with Crippen LogP contribution >= 0.6 is 0 Å². The van der Waals surface area contributed by atoms with Crippen molar-refractivity contribution in [3.63, 3.8) is 0 Å². The van der Waals surface area contributed by atoms with Crippen LogP contribution in [-0.4, -0.2) is 26.8 Å². The van der Waals surface area contributed by atoms with E-state index in [1.54, 1.807) is 16.1 Å². The Morgan fingerprint density at radius 1 is 1.00 bits per heavy atom. The minimum Gasteiger partial charge on any atom is -0.461 e. The molecule has 0 radical (unpaired) electrons. The van der Waals surface area contributed by atoms with Gasteiger partial charge in [-0.1, -0.05) is 28.4 Å². The van der Waals surface area contributed by atoms with E-state index in [9.17, 15) is 9.59 Å². The number of carbonyl (C=O) groups is 1. The highest BCUT2D eigenvalue weighted by Crippen LogP contribution is 2.31. The van der Waals surface area contributed by atoms with E-state index in [0.29, 0.717) is 19.7 Å². The molecule has 0 bridgehead atoms. The van der Waals surface area contributed by atoms with Crippen LogP contribution in [0.4, 0.5) is 0 Å². The summed E-state index contributed by atoms with van der Waals surface area (Å²) in [7, 11) is 0. The van der Waals surface area contributed by atoms with E-state index < -0.39 is 0 Å². The third-order valence-electron chi connectivity index (χ3n) is 5.74. The van der Waals surface area contributed by atoms with Gasteiger partial charge in [-0.2, -0.15) is 5.10 Å². The first kappa shape index (κ1) is 21.6. The zero-order valence-corrected chi connectivity index (χ0v) is 19.0. The molecular formula is C25H29N4O3+. The van der Waals surface area contributed by atoms with Gasteiger partial charge in [-0.05, 0) is 57.5 Å². The molecule has 0 fully saturated rings. The molecule has 0 amide bonds. The van der Waals surface area contributed by atoms with Crippen LogP contribution in [0.5, 0.6) is 0 Å². The number of ether oxygens (including phenoxy) is 1. The standard InChI is InChI=1S/C25H28N4O3/c1-5-27-21-12-11-18(14-22(21)28(6-2)25(27)31)20-15-26-29(16-23(30)32-7-3)24(20)19-10-8-9-17(4)13-19/h8-15H,5-7,16H2,1-4H3/p+1. The second kappa shape index (κ2) is 8.86. The Morgan fingerprint density at radius 3 is 2.44 bits per heavy atom. The highest BCUT2D eigenvalue weighted by atomic mass is 16.5. The lowest BCUT2D eigenvalue weighted by Gasteiger charge is -2.05. The van der Waals surface area contributed by atoms with Crippen molar-refractivity contribution in [3.8, 4) is 22.4 Å². The first-order chi connectivity index (χ1) is 15.5. The van der Waals surface area contributed by atoms with Crippen molar-refractivity contribution in [3.05, 3.63) is 64.7 Å². The molecule has 0 aliphatic heterocycles. The molecule has 32 heavy (non-hydrogen) atoms. The van der Waals surface area contributed by atoms with E-state index in [1.165, 1.54) is 0 Å². The first-order valence-corrected chi connectivity index (χ1v) is 11.1. The summed E-state index contributed by atoms with van der Waals surface area (Å²) in [6.07, 6.45) is 1.91. The average Bonchev–Trinajstić information content (AvgIpc) is 3.30. The highest BCUT2D eigenvalue weighted by molar-refractivity contribution is 5.86. The van der Waals surface area contributed by atoms with Crippen LogP contribution in [0, 0.1) is 6.92 Å². The zero-order chi connectivity index (χ0) is 22.8. The third-order valence-corrected chi connectivity index (χ3v) is 5.74. The molecule has 2 aromatic heterocycles. The fourth-order valence-electron chi connectivity index (χ4n) is 4.30. The monoisotopic (exact) mass is 433 g/mol. The number of aryl methyl sites for hydroxylation is 3. The number of nitrogens with zero attached hydrogens (tertiary/aromatic N) is 3. The van der Waals surface area contributed by atoms with Crippen LogP contribution in [0.1, 0.15) is 26.3 Å². The maximum Gasteiger partial charge on any atom is 0.375 e. The Labute approximate surface area is 186 Å². The summed E-state index contributed by atoms with van der Waals surface area (Å²) >= 11 is 0. The fourth-order valence-corrected chi connectivity index (χ4v) is 4.30. The minimum absolute atomic E-state index is 0.00695.